The number of hydrogen-bond acceptors (Lipinski definition) is 10. The molecule has 3 saturated heterocycles. The summed E-state index contributed by atoms with van der Waals surface area (Å²) in [5, 5.41) is 25.4. The number of likely N-dealkylation sites (tertiary alicyclic amines) is 3. The third-order valence-corrected chi connectivity index (χ3v) is 8.03. The zero-order valence-electron chi connectivity index (χ0n) is 24.2. The van der Waals surface area contributed by atoms with Crippen molar-refractivity contribution in [3.8, 4) is 0 Å². The van der Waals surface area contributed by atoms with Crippen LogP contribution in [0.15, 0.2) is 0 Å². The van der Waals surface area contributed by atoms with Crippen molar-refractivity contribution >= 4 is 41.4 Å². The van der Waals surface area contributed by atoms with Crippen LogP contribution in [0.1, 0.15) is 45.4 Å². The molecule has 7 amide bonds. The summed E-state index contributed by atoms with van der Waals surface area (Å²) in [6.07, 6.45) is 2.75. The molecule has 0 bridgehead atoms. The number of primary amides is 1. The van der Waals surface area contributed by atoms with Gasteiger partial charge in [-0.3, -0.25) is 33.6 Å². The molecule has 0 aromatic heterocycles. The molecule has 3 heterocycles. The molecule has 17 heteroatoms. The lowest BCUT2D eigenvalue weighted by Crippen LogP contribution is -2.58. The number of aliphatic hydroxyl groups is 2. The highest BCUT2D eigenvalue weighted by Crippen LogP contribution is 2.28. The Kier molecular flexibility index (Phi) is 11.8. The molecule has 240 valence electrons. The number of amides is 7. The first-order valence-electron chi connectivity index (χ1n) is 14.5. The number of nitrogens with two attached hydrogens (primary N) is 2. The van der Waals surface area contributed by atoms with Crippen LogP contribution in [0.25, 0.3) is 0 Å². The highest BCUT2D eigenvalue weighted by molar-refractivity contribution is 5.97. The van der Waals surface area contributed by atoms with E-state index in [0.717, 1.165) is 0 Å². The van der Waals surface area contributed by atoms with Crippen molar-refractivity contribution in [2.45, 2.75) is 81.7 Å². The van der Waals surface area contributed by atoms with Gasteiger partial charge in [-0.05, 0) is 45.4 Å². The molecule has 43 heavy (non-hydrogen) atoms. The number of carbonyl (C=O) groups is 7. The van der Waals surface area contributed by atoms with Crippen molar-refractivity contribution in [3.05, 3.63) is 0 Å². The highest BCUT2D eigenvalue weighted by Gasteiger charge is 2.46. The van der Waals surface area contributed by atoms with Gasteiger partial charge in [0.1, 0.15) is 36.3 Å². The minimum atomic E-state index is -1.28. The molecule has 0 aliphatic carbocycles. The standard InChI is InChI=1S/C26H42N8O9/c1-14(30-20(37)11-29-22(39)15(27)12-35)24(41)33-9-3-6-18(33)26(43)34-10-4-7-19(34)25(42)32-8-2-5-17(32)23(40)31-16(13-36)21(28)38/h14-19,35-36H,2-13,27H2,1H3,(H2,28,38)(H,29,39)(H,30,37)(H,31,40)/t14?,15?,16?,17-,18-,19-/m0/s1. The monoisotopic (exact) mass is 610 g/mol. The summed E-state index contributed by atoms with van der Waals surface area (Å²) in [5.74, 6) is -4.18. The summed E-state index contributed by atoms with van der Waals surface area (Å²) in [6, 6.07) is -6.01. The van der Waals surface area contributed by atoms with Gasteiger partial charge in [0, 0.05) is 19.6 Å². The minimum Gasteiger partial charge on any atom is -0.394 e. The Morgan fingerprint density at radius 2 is 1.30 bits per heavy atom. The number of nitrogens with zero attached hydrogens (tertiary/aromatic N) is 3. The lowest BCUT2D eigenvalue weighted by molar-refractivity contribution is -0.151. The Hall–Kier alpha value is -3.83. The molecule has 0 radical (unpaired) electrons. The van der Waals surface area contributed by atoms with Crippen molar-refractivity contribution in [1.82, 2.24) is 30.7 Å². The van der Waals surface area contributed by atoms with Crippen LogP contribution in [0.3, 0.4) is 0 Å². The van der Waals surface area contributed by atoms with E-state index >= 15 is 0 Å². The van der Waals surface area contributed by atoms with E-state index in [1.54, 1.807) is 0 Å². The normalized spacial score (nSPS) is 23.8. The third-order valence-electron chi connectivity index (χ3n) is 8.03. The first-order valence-corrected chi connectivity index (χ1v) is 14.5. The van der Waals surface area contributed by atoms with Gasteiger partial charge in [0.15, 0.2) is 0 Å². The molecule has 17 nitrogen and oxygen atoms in total. The van der Waals surface area contributed by atoms with Gasteiger partial charge in [-0.2, -0.15) is 0 Å². The largest absolute Gasteiger partial charge is 0.394 e. The predicted molar refractivity (Wildman–Crippen MR) is 148 cm³/mol. The number of nitrogens with one attached hydrogen (secondary N) is 3. The molecular formula is C26H42N8O9. The molecule has 3 unspecified atom stereocenters. The third kappa shape index (κ3) is 7.97. The van der Waals surface area contributed by atoms with E-state index < -0.39 is 91.5 Å². The molecule has 3 aliphatic heterocycles. The maximum Gasteiger partial charge on any atom is 0.246 e. The molecule has 0 aromatic carbocycles. The van der Waals surface area contributed by atoms with Gasteiger partial charge in [-0.1, -0.05) is 0 Å². The number of carbonyl (C=O) groups excluding carboxylic acids is 7. The summed E-state index contributed by atoms with van der Waals surface area (Å²) >= 11 is 0. The molecule has 3 rings (SSSR count). The Bertz CT molecular complexity index is 1100. The topological polar surface area (TPSA) is 258 Å². The molecule has 3 aliphatic rings. The molecule has 0 saturated carbocycles. The molecule has 0 spiro atoms. The lowest BCUT2D eigenvalue weighted by atomic mass is 10.1. The maximum atomic E-state index is 13.7. The zero-order chi connectivity index (χ0) is 31.8. The second-order valence-corrected chi connectivity index (χ2v) is 11.0. The first-order chi connectivity index (χ1) is 20.4. The summed E-state index contributed by atoms with van der Waals surface area (Å²) in [4.78, 5) is 93.0. The highest BCUT2D eigenvalue weighted by atomic mass is 16.3. The van der Waals surface area contributed by atoms with Crippen LogP contribution in [0.5, 0.6) is 0 Å². The van der Waals surface area contributed by atoms with Gasteiger partial charge < -0.3 is 52.3 Å². The van der Waals surface area contributed by atoms with E-state index in [1.807, 2.05) is 0 Å². The van der Waals surface area contributed by atoms with E-state index in [9.17, 15) is 38.7 Å². The van der Waals surface area contributed by atoms with Crippen molar-refractivity contribution in [3.63, 3.8) is 0 Å². The molecule has 9 N–H and O–H groups in total. The molecule has 0 aromatic rings. The van der Waals surface area contributed by atoms with Crippen LogP contribution in [-0.4, -0.2) is 142 Å². The van der Waals surface area contributed by atoms with Crippen molar-refractivity contribution < 1.29 is 43.8 Å². The maximum absolute atomic E-state index is 13.7. The first kappa shape index (κ1) is 33.7. The van der Waals surface area contributed by atoms with Gasteiger partial charge in [0.05, 0.1) is 19.8 Å². The van der Waals surface area contributed by atoms with E-state index in [1.165, 1.54) is 21.6 Å². The van der Waals surface area contributed by atoms with E-state index in [-0.39, 0.29) is 19.0 Å². The summed E-state index contributed by atoms with van der Waals surface area (Å²) < 4.78 is 0. The van der Waals surface area contributed by atoms with Crippen molar-refractivity contribution in [2.24, 2.45) is 11.5 Å². The fourth-order valence-corrected chi connectivity index (χ4v) is 5.72. The summed E-state index contributed by atoms with van der Waals surface area (Å²) in [6.45, 7) is 0.602. The van der Waals surface area contributed by atoms with Gasteiger partial charge >= 0.3 is 0 Å². The van der Waals surface area contributed by atoms with E-state index in [0.29, 0.717) is 45.1 Å². The Morgan fingerprint density at radius 3 is 1.84 bits per heavy atom. The van der Waals surface area contributed by atoms with Gasteiger partial charge in [0.2, 0.25) is 41.4 Å². The van der Waals surface area contributed by atoms with Gasteiger partial charge in [-0.25, -0.2) is 0 Å². The lowest BCUT2D eigenvalue weighted by Gasteiger charge is -2.34. The molecule has 6 atom stereocenters. The van der Waals surface area contributed by atoms with Crippen LogP contribution < -0.4 is 27.4 Å². The SMILES string of the molecule is CC(NC(=O)CNC(=O)C(N)CO)C(=O)N1CCC[C@H]1C(=O)N1CCC[C@H]1C(=O)N1CCC[C@H]1C(=O)NC(CO)C(N)=O. The smallest absolute Gasteiger partial charge is 0.246 e. The molecule has 3 fully saturated rings. The summed E-state index contributed by atoms with van der Waals surface area (Å²) in [7, 11) is 0. The Labute approximate surface area is 248 Å². The fourth-order valence-electron chi connectivity index (χ4n) is 5.72. The average molecular weight is 611 g/mol. The van der Waals surface area contributed by atoms with Crippen LogP contribution in [0, 0.1) is 0 Å². The van der Waals surface area contributed by atoms with Crippen LogP contribution in [0.4, 0.5) is 0 Å². The van der Waals surface area contributed by atoms with E-state index in [4.69, 9.17) is 16.6 Å². The zero-order valence-corrected chi connectivity index (χ0v) is 24.2. The predicted octanol–water partition coefficient (Wildman–Crippen LogP) is -5.14. The summed E-state index contributed by atoms with van der Waals surface area (Å²) in [5.41, 5.74) is 10.6. The molecular weight excluding hydrogens is 568 g/mol. The van der Waals surface area contributed by atoms with Gasteiger partial charge in [0.25, 0.3) is 0 Å². The van der Waals surface area contributed by atoms with Crippen LogP contribution >= 0.6 is 0 Å². The van der Waals surface area contributed by atoms with Crippen molar-refractivity contribution in [2.75, 3.05) is 39.4 Å². The minimum absolute atomic E-state index is 0.282. The second kappa shape index (κ2) is 15.1. The fraction of sp³-hybridized carbons (Fsp3) is 0.731. The second-order valence-electron chi connectivity index (χ2n) is 11.0. The van der Waals surface area contributed by atoms with Crippen molar-refractivity contribution in [1.29, 1.82) is 0 Å². The quantitative estimate of drug-likeness (QED) is 0.111. The number of hydrogen-bond donors (Lipinski definition) is 7. The van der Waals surface area contributed by atoms with Gasteiger partial charge in [-0.15, -0.1) is 0 Å². The Morgan fingerprint density at radius 1 is 0.791 bits per heavy atom. The average Bonchev–Trinajstić information content (AvgIpc) is 3.77. The Balaban J connectivity index is 1.62. The van der Waals surface area contributed by atoms with Crippen LogP contribution in [0.2, 0.25) is 0 Å². The van der Waals surface area contributed by atoms with Crippen LogP contribution in [-0.2, 0) is 33.6 Å². The number of rotatable bonds is 12. The van der Waals surface area contributed by atoms with E-state index in [2.05, 4.69) is 16.0 Å². The number of aliphatic hydroxyl groups excluding tert-OH is 2.